The van der Waals surface area contributed by atoms with Gasteiger partial charge >= 0.3 is 0 Å². The molecule has 2 aromatic rings. The smallest absolute Gasteiger partial charge is 0.162 e. The quantitative estimate of drug-likeness (QED) is 0.436. The number of hydrogen-bond acceptors (Lipinski definition) is 5. The molecule has 1 aromatic heterocycles. The van der Waals surface area contributed by atoms with E-state index in [0.29, 0.717) is 27.0 Å². The topological polar surface area (TPSA) is 52.6 Å². The van der Waals surface area contributed by atoms with Crippen LogP contribution in [0.4, 0.5) is 0 Å². The summed E-state index contributed by atoms with van der Waals surface area (Å²) in [6.45, 7) is 3.54. The van der Waals surface area contributed by atoms with Crippen molar-refractivity contribution < 1.29 is 18.5 Å². The lowest BCUT2D eigenvalue weighted by Gasteiger charge is -2.07. The lowest BCUT2D eigenvalue weighted by Crippen LogP contribution is -2.05. The van der Waals surface area contributed by atoms with Crippen molar-refractivity contribution >= 4 is 49.6 Å². The molecule has 7 heteroatoms. The number of carbonyl (C=O) groups excluding carboxylic acids is 1. The number of alkyl halides is 1. The highest BCUT2D eigenvalue weighted by molar-refractivity contribution is 7.87. The second-order valence-corrected chi connectivity index (χ2v) is 9.16. The van der Waals surface area contributed by atoms with Crippen molar-refractivity contribution in [3.05, 3.63) is 17.7 Å². The highest BCUT2D eigenvalue weighted by atomic mass is 35.5. The maximum absolute atomic E-state index is 12.8. The molecule has 2 rings (SSSR count). The molecule has 0 bridgehead atoms. The number of ketones is 1. The fraction of sp³-hybridized carbons (Fsp3) is 0.500. The zero-order valence-corrected chi connectivity index (χ0v) is 17.3. The van der Waals surface area contributed by atoms with Gasteiger partial charge in [-0.05, 0) is 32.3 Å². The van der Waals surface area contributed by atoms with Crippen LogP contribution in [0.15, 0.2) is 16.3 Å². The minimum Gasteiger partial charge on any atom is -0.493 e. The zero-order valence-electron chi connectivity index (χ0n) is 14.9. The van der Waals surface area contributed by atoms with Crippen molar-refractivity contribution in [3.8, 4) is 11.5 Å². The minimum absolute atomic E-state index is 0.0920. The first-order chi connectivity index (χ1) is 11.9. The van der Waals surface area contributed by atoms with Crippen molar-refractivity contribution in [1.29, 1.82) is 0 Å². The van der Waals surface area contributed by atoms with Crippen LogP contribution in [0.25, 0.3) is 10.1 Å². The van der Waals surface area contributed by atoms with Crippen LogP contribution in [0.5, 0.6) is 11.5 Å². The van der Waals surface area contributed by atoms with Crippen molar-refractivity contribution in [1.82, 2.24) is 0 Å². The molecule has 0 aliphatic carbocycles. The van der Waals surface area contributed by atoms with E-state index in [0.717, 1.165) is 29.3 Å². The van der Waals surface area contributed by atoms with Gasteiger partial charge in [0.2, 0.25) is 0 Å². The summed E-state index contributed by atoms with van der Waals surface area (Å²) >= 11 is 7.51. The van der Waals surface area contributed by atoms with Gasteiger partial charge < -0.3 is 9.47 Å². The predicted octanol–water partition coefficient (Wildman–Crippen LogP) is 5.03. The molecule has 0 radical (unpaired) electrons. The van der Waals surface area contributed by atoms with Gasteiger partial charge in [0.25, 0.3) is 0 Å². The normalized spacial score (nSPS) is 13.6. The van der Waals surface area contributed by atoms with E-state index in [1.165, 1.54) is 18.3 Å². The molecule has 0 fully saturated rings. The molecule has 1 aromatic carbocycles. The minimum atomic E-state index is -1.23. The van der Waals surface area contributed by atoms with Gasteiger partial charge in [-0.15, -0.1) is 22.9 Å². The van der Waals surface area contributed by atoms with Crippen LogP contribution in [-0.2, 0) is 10.8 Å². The van der Waals surface area contributed by atoms with E-state index in [2.05, 4.69) is 0 Å². The summed E-state index contributed by atoms with van der Waals surface area (Å²) in [5, 5.41) is 0.877. The maximum atomic E-state index is 12.8. The van der Waals surface area contributed by atoms with Gasteiger partial charge in [-0.1, -0.05) is 6.92 Å². The Morgan fingerprint density at radius 2 is 1.92 bits per heavy atom. The first kappa shape index (κ1) is 20.2. The number of rotatable bonds is 9. The SMILES string of the molecule is CCC(Cl)CCCS(=O)c1sc2cc(OC)c(OC)cc2c1C(C)=O. The summed E-state index contributed by atoms with van der Waals surface area (Å²) < 4.78 is 24.9. The average molecular weight is 403 g/mol. The van der Waals surface area contributed by atoms with Crippen LogP contribution in [-0.4, -0.2) is 35.3 Å². The summed E-state index contributed by atoms with van der Waals surface area (Å²) in [7, 11) is 1.90. The molecular formula is C18H23ClO4S2. The van der Waals surface area contributed by atoms with E-state index in [1.54, 1.807) is 20.3 Å². The van der Waals surface area contributed by atoms with E-state index < -0.39 is 10.8 Å². The number of thiophene rings is 1. The van der Waals surface area contributed by atoms with Crippen LogP contribution < -0.4 is 9.47 Å². The number of methoxy groups -OCH3 is 2. The summed E-state index contributed by atoms with van der Waals surface area (Å²) in [4.78, 5) is 12.2. The fourth-order valence-electron chi connectivity index (χ4n) is 2.63. The summed E-state index contributed by atoms with van der Waals surface area (Å²) in [6, 6.07) is 3.62. The summed E-state index contributed by atoms with van der Waals surface area (Å²) in [6.07, 6.45) is 2.49. The summed E-state index contributed by atoms with van der Waals surface area (Å²) in [5.41, 5.74) is 0.525. The van der Waals surface area contributed by atoms with Gasteiger partial charge in [0.1, 0.15) is 4.21 Å². The van der Waals surface area contributed by atoms with Gasteiger partial charge in [-0.25, -0.2) is 0 Å². The van der Waals surface area contributed by atoms with Crippen molar-refractivity contribution in [3.63, 3.8) is 0 Å². The van der Waals surface area contributed by atoms with E-state index in [9.17, 15) is 9.00 Å². The number of Topliss-reactive ketones (excluding diaryl/α,β-unsaturated/α-hetero) is 1. The van der Waals surface area contributed by atoms with Gasteiger partial charge in [0.05, 0.1) is 30.6 Å². The molecule has 1 heterocycles. The molecular weight excluding hydrogens is 380 g/mol. The number of hydrogen-bond donors (Lipinski definition) is 0. The van der Waals surface area contributed by atoms with Crippen LogP contribution in [0.3, 0.4) is 0 Å². The third kappa shape index (κ3) is 4.54. The Hall–Kier alpha value is -1.11. The Bertz CT molecular complexity index is 785. The molecule has 0 aliphatic heterocycles. The lowest BCUT2D eigenvalue weighted by atomic mass is 10.1. The molecule has 0 N–H and O–H groups in total. The molecule has 0 spiro atoms. The number of benzene rings is 1. The Labute approximate surface area is 159 Å². The summed E-state index contributed by atoms with van der Waals surface area (Å²) in [5.74, 6) is 1.56. The Balaban J connectivity index is 2.40. The van der Waals surface area contributed by atoms with E-state index in [1.807, 2.05) is 13.0 Å². The Morgan fingerprint density at radius 1 is 1.28 bits per heavy atom. The number of fused-ring (bicyclic) bond motifs is 1. The maximum Gasteiger partial charge on any atom is 0.162 e. The van der Waals surface area contributed by atoms with Crippen LogP contribution in [0.1, 0.15) is 43.5 Å². The molecule has 2 unspecified atom stereocenters. The zero-order chi connectivity index (χ0) is 18.6. The van der Waals surface area contributed by atoms with Crippen LogP contribution >= 0.6 is 22.9 Å². The highest BCUT2D eigenvalue weighted by Gasteiger charge is 2.22. The molecule has 0 amide bonds. The Kier molecular flexibility index (Phi) is 7.28. The molecule has 2 atom stereocenters. The van der Waals surface area contributed by atoms with Gasteiger partial charge in [0, 0.05) is 27.3 Å². The fourth-order valence-corrected chi connectivity index (χ4v) is 5.76. The Morgan fingerprint density at radius 3 is 2.48 bits per heavy atom. The van der Waals surface area contributed by atoms with E-state index >= 15 is 0 Å². The average Bonchev–Trinajstić information content (AvgIpc) is 2.98. The molecule has 4 nitrogen and oxygen atoms in total. The van der Waals surface area contributed by atoms with E-state index in [4.69, 9.17) is 21.1 Å². The third-order valence-corrected chi connectivity index (χ3v) is 7.57. The molecule has 25 heavy (non-hydrogen) atoms. The van der Waals surface area contributed by atoms with Gasteiger partial charge in [0.15, 0.2) is 17.3 Å². The molecule has 0 saturated heterocycles. The predicted molar refractivity (Wildman–Crippen MR) is 105 cm³/mol. The lowest BCUT2D eigenvalue weighted by molar-refractivity contribution is 0.101. The first-order valence-corrected chi connectivity index (χ1v) is 10.7. The standard InChI is InChI=1S/C18H23ClO4S2/c1-5-12(19)7-6-8-25(21)18-17(11(2)20)13-9-14(22-3)15(23-4)10-16(13)24-18/h9-10,12H,5-8H2,1-4H3. The molecule has 0 saturated carbocycles. The number of halogens is 1. The van der Waals surface area contributed by atoms with Crippen LogP contribution in [0, 0.1) is 0 Å². The van der Waals surface area contributed by atoms with Gasteiger partial charge in [-0.3, -0.25) is 9.00 Å². The van der Waals surface area contributed by atoms with Crippen molar-refractivity contribution in [2.24, 2.45) is 0 Å². The highest BCUT2D eigenvalue weighted by Crippen LogP contribution is 2.41. The second-order valence-electron chi connectivity index (χ2n) is 5.72. The third-order valence-electron chi connectivity index (χ3n) is 4.01. The van der Waals surface area contributed by atoms with Crippen molar-refractivity contribution in [2.75, 3.05) is 20.0 Å². The molecule has 0 aliphatic rings. The first-order valence-electron chi connectivity index (χ1n) is 8.14. The van der Waals surface area contributed by atoms with Crippen LogP contribution in [0.2, 0.25) is 0 Å². The second kappa shape index (κ2) is 9.01. The van der Waals surface area contributed by atoms with E-state index in [-0.39, 0.29) is 11.2 Å². The number of carbonyl (C=O) groups is 1. The largest absolute Gasteiger partial charge is 0.493 e. The van der Waals surface area contributed by atoms with Crippen molar-refractivity contribution in [2.45, 2.75) is 42.7 Å². The monoisotopic (exact) mass is 402 g/mol. The molecule has 138 valence electrons. The van der Waals surface area contributed by atoms with Gasteiger partial charge in [-0.2, -0.15) is 0 Å². The number of ether oxygens (including phenoxy) is 2.